The summed E-state index contributed by atoms with van der Waals surface area (Å²) < 4.78 is 6.11. The van der Waals surface area contributed by atoms with Gasteiger partial charge in [-0.2, -0.15) is 0 Å². The van der Waals surface area contributed by atoms with Crippen LogP contribution < -0.4 is 10.5 Å². The van der Waals surface area contributed by atoms with Crippen LogP contribution in [0.3, 0.4) is 0 Å². The zero-order chi connectivity index (χ0) is 14.1. The Bertz CT molecular complexity index is 526. The molecule has 2 atom stereocenters. The van der Waals surface area contributed by atoms with Crippen LogP contribution >= 0.6 is 0 Å². The molecule has 108 valence electrons. The van der Waals surface area contributed by atoms with Crippen molar-refractivity contribution in [1.29, 1.82) is 0 Å². The van der Waals surface area contributed by atoms with Crippen LogP contribution in [0.4, 0.5) is 11.4 Å². The highest BCUT2D eigenvalue weighted by Crippen LogP contribution is 2.36. The van der Waals surface area contributed by atoms with Gasteiger partial charge in [-0.25, -0.2) is 4.99 Å². The highest BCUT2D eigenvalue weighted by molar-refractivity contribution is 5.92. The third-order valence-electron chi connectivity index (χ3n) is 4.13. The Balaban J connectivity index is 1.94. The van der Waals surface area contributed by atoms with Crippen molar-refractivity contribution in [2.24, 2.45) is 10.9 Å². The summed E-state index contributed by atoms with van der Waals surface area (Å²) in [5.41, 5.74) is 7.45. The van der Waals surface area contributed by atoms with Gasteiger partial charge in [0, 0.05) is 18.8 Å². The number of ether oxygens (including phenoxy) is 1. The van der Waals surface area contributed by atoms with Crippen molar-refractivity contribution in [2.75, 3.05) is 18.8 Å². The molecule has 0 aliphatic carbocycles. The SMILES string of the molecule is CCC1Oc2ccc(N)cc2N=C1N1CCCC(C)C1. The molecule has 2 heterocycles. The molecule has 20 heavy (non-hydrogen) atoms. The first-order chi connectivity index (χ1) is 9.67. The van der Waals surface area contributed by atoms with E-state index in [1.54, 1.807) is 0 Å². The summed E-state index contributed by atoms with van der Waals surface area (Å²) >= 11 is 0. The van der Waals surface area contributed by atoms with Crippen molar-refractivity contribution in [3.05, 3.63) is 18.2 Å². The number of nitrogen functional groups attached to an aromatic ring is 1. The van der Waals surface area contributed by atoms with Gasteiger partial charge in [-0.15, -0.1) is 0 Å². The number of nitrogens with two attached hydrogens (primary N) is 1. The predicted molar refractivity (Wildman–Crippen MR) is 82.6 cm³/mol. The van der Waals surface area contributed by atoms with Crippen LogP contribution in [0.1, 0.15) is 33.1 Å². The van der Waals surface area contributed by atoms with Gasteiger partial charge >= 0.3 is 0 Å². The van der Waals surface area contributed by atoms with Gasteiger partial charge in [0.2, 0.25) is 0 Å². The quantitative estimate of drug-likeness (QED) is 0.799. The number of hydrogen-bond donors (Lipinski definition) is 1. The minimum absolute atomic E-state index is 0.0661. The van der Waals surface area contributed by atoms with E-state index in [2.05, 4.69) is 18.7 Å². The highest BCUT2D eigenvalue weighted by Gasteiger charge is 2.29. The van der Waals surface area contributed by atoms with Gasteiger partial charge < -0.3 is 15.4 Å². The fourth-order valence-electron chi connectivity index (χ4n) is 3.06. The third-order valence-corrected chi connectivity index (χ3v) is 4.13. The topological polar surface area (TPSA) is 50.9 Å². The Morgan fingerprint density at radius 2 is 2.30 bits per heavy atom. The lowest BCUT2D eigenvalue weighted by atomic mass is 9.99. The van der Waals surface area contributed by atoms with Crippen molar-refractivity contribution in [2.45, 2.75) is 39.2 Å². The van der Waals surface area contributed by atoms with Gasteiger partial charge in [-0.1, -0.05) is 13.8 Å². The third kappa shape index (κ3) is 2.47. The van der Waals surface area contributed by atoms with Crippen LogP contribution in [0.15, 0.2) is 23.2 Å². The average molecular weight is 273 g/mol. The molecule has 0 amide bonds. The Morgan fingerprint density at radius 3 is 3.05 bits per heavy atom. The van der Waals surface area contributed by atoms with E-state index in [4.69, 9.17) is 15.5 Å². The molecule has 1 fully saturated rings. The number of amidine groups is 1. The number of rotatable bonds is 1. The van der Waals surface area contributed by atoms with Crippen molar-refractivity contribution in [3.8, 4) is 5.75 Å². The maximum absolute atomic E-state index is 6.11. The van der Waals surface area contributed by atoms with Crippen LogP contribution in [0.5, 0.6) is 5.75 Å². The van der Waals surface area contributed by atoms with E-state index in [0.717, 1.165) is 48.4 Å². The number of benzene rings is 1. The van der Waals surface area contributed by atoms with Crippen LogP contribution in [-0.2, 0) is 0 Å². The number of aliphatic imine (C=N–C) groups is 1. The van der Waals surface area contributed by atoms with Crippen molar-refractivity contribution in [1.82, 2.24) is 4.90 Å². The predicted octanol–water partition coefficient (Wildman–Crippen LogP) is 3.20. The zero-order valence-electron chi connectivity index (χ0n) is 12.3. The van der Waals surface area contributed by atoms with Crippen molar-refractivity contribution in [3.63, 3.8) is 0 Å². The highest BCUT2D eigenvalue weighted by atomic mass is 16.5. The van der Waals surface area contributed by atoms with Crippen molar-refractivity contribution < 1.29 is 4.74 Å². The lowest BCUT2D eigenvalue weighted by Gasteiger charge is -2.38. The zero-order valence-corrected chi connectivity index (χ0v) is 12.3. The standard InChI is InChI=1S/C16H23N3O/c1-3-14-16(19-8-4-5-11(2)10-19)18-13-9-12(17)6-7-15(13)20-14/h6-7,9,11,14H,3-5,8,10,17H2,1-2H3. The van der Waals surface area contributed by atoms with Gasteiger partial charge in [-0.3, -0.25) is 0 Å². The average Bonchev–Trinajstić information content (AvgIpc) is 2.45. The van der Waals surface area contributed by atoms with Gasteiger partial charge in [-0.05, 0) is 43.4 Å². The summed E-state index contributed by atoms with van der Waals surface area (Å²) in [6.07, 6.45) is 3.55. The Hall–Kier alpha value is -1.71. The normalized spacial score (nSPS) is 25.7. The fraction of sp³-hybridized carbons (Fsp3) is 0.562. The summed E-state index contributed by atoms with van der Waals surface area (Å²) in [6.45, 7) is 6.62. The second kappa shape index (κ2) is 5.35. The van der Waals surface area contributed by atoms with Crippen LogP contribution in [0.2, 0.25) is 0 Å². The van der Waals surface area contributed by atoms with E-state index in [9.17, 15) is 0 Å². The molecule has 2 unspecified atom stereocenters. The molecule has 2 aliphatic heterocycles. The minimum Gasteiger partial charge on any atom is -0.480 e. The molecular weight excluding hydrogens is 250 g/mol. The molecular formula is C16H23N3O. The van der Waals surface area contributed by atoms with Crippen LogP contribution in [0.25, 0.3) is 0 Å². The molecule has 1 aromatic rings. The molecule has 1 saturated heterocycles. The Kier molecular flexibility index (Phi) is 3.55. The van der Waals surface area contributed by atoms with Gasteiger partial charge in [0.25, 0.3) is 0 Å². The van der Waals surface area contributed by atoms with Crippen LogP contribution in [0, 0.1) is 5.92 Å². The molecule has 0 aromatic heterocycles. The van der Waals surface area contributed by atoms with E-state index < -0.39 is 0 Å². The van der Waals surface area contributed by atoms with Crippen LogP contribution in [-0.4, -0.2) is 29.9 Å². The smallest absolute Gasteiger partial charge is 0.156 e. The number of anilines is 1. The van der Waals surface area contributed by atoms with Gasteiger partial charge in [0.15, 0.2) is 6.10 Å². The van der Waals surface area contributed by atoms with E-state index in [-0.39, 0.29) is 6.10 Å². The Labute approximate surface area is 120 Å². The lowest BCUT2D eigenvalue weighted by molar-refractivity contribution is 0.207. The second-order valence-electron chi connectivity index (χ2n) is 5.91. The monoisotopic (exact) mass is 273 g/mol. The minimum atomic E-state index is 0.0661. The summed E-state index contributed by atoms with van der Waals surface area (Å²) in [5, 5.41) is 0. The van der Waals surface area contributed by atoms with Gasteiger partial charge in [0.05, 0.1) is 0 Å². The summed E-state index contributed by atoms with van der Waals surface area (Å²) in [6, 6.07) is 5.69. The summed E-state index contributed by atoms with van der Waals surface area (Å²) in [7, 11) is 0. The van der Waals surface area contributed by atoms with E-state index in [0.29, 0.717) is 0 Å². The second-order valence-corrected chi connectivity index (χ2v) is 5.91. The maximum atomic E-state index is 6.11. The first-order valence-electron chi connectivity index (χ1n) is 7.57. The Morgan fingerprint density at radius 1 is 1.45 bits per heavy atom. The molecule has 2 aliphatic rings. The largest absolute Gasteiger partial charge is 0.480 e. The molecule has 1 aromatic carbocycles. The molecule has 4 heteroatoms. The fourth-order valence-corrected chi connectivity index (χ4v) is 3.06. The number of likely N-dealkylation sites (tertiary alicyclic amines) is 1. The van der Waals surface area contributed by atoms with E-state index >= 15 is 0 Å². The molecule has 0 radical (unpaired) electrons. The molecule has 0 spiro atoms. The molecule has 4 nitrogen and oxygen atoms in total. The molecule has 3 rings (SSSR count). The first kappa shape index (κ1) is 13.3. The van der Waals surface area contributed by atoms with E-state index in [1.165, 1.54) is 12.8 Å². The molecule has 0 saturated carbocycles. The number of fused-ring (bicyclic) bond motifs is 1. The summed E-state index contributed by atoms with van der Waals surface area (Å²) in [4.78, 5) is 7.25. The first-order valence-corrected chi connectivity index (χ1v) is 7.57. The van der Waals surface area contributed by atoms with Gasteiger partial charge in [0.1, 0.15) is 17.3 Å². The van der Waals surface area contributed by atoms with E-state index in [1.807, 2.05) is 18.2 Å². The molecule has 2 N–H and O–H groups in total. The number of piperidine rings is 1. The summed E-state index contributed by atoms with van der Waals surface area (Å²) in [5.74, 6) is 2.66. The van der Waals surface area contributed by atoms with Crippen molar-refractivity contribution >= 4 is 17.2 Å². The maximum Gasteiger partial charge on any atom is 0.156 e. The number of nitrogens with zero attached hydrogens (tertiary/aromatic N) is 2. The lowest BCUT2D eigenvalue weighted by Crippen LogP contribution is -2.47. The number of hydrogen-bond acceptors (Lipinski definition) is 4. The molecule has 0 bridgehead atoms.